The van der Waals surface area contributed by atoms with Gasteiger partial charge in [0.1, 0.15) is 0 Å². The highest BCUT2D eigenvalue weighted by atomic mass is 31.2. The zero-order chi connectivity index (χ0) is 18.7. The topological polar surface area (TPSA) is 196 Å². The van der Waals surface area contributed by atoms with E-state index < -0.39 is 44.3 Å². The van der Waals surface area contributed by atoms with E-state index in [1.54, 1.807) is 0 Å². The average molecular weight is 422 g/mol. The van der Waals surface area contributed by atoms with Crippen molar-refractivity contribution in [3.8, 4) is 0 Å². The third kappa shape index (κ3) is 8.54. The Morgan fingerprint density at radius 2 is 0.958 bits per heavy atom. The van der Waals surface area contributed by atoms with Gasteiger partial charge in [0.15, 0.2) is 16.8 Å². The molecule has 24 heavy (non-hydrogen) atoms. The summed E-state index contributed by atoms with van der Waals surface area (Å²) in [4.78, 5) is 73.2. The van der Waals surface area contributed by atoms with Crippen molar-refractivity contribution in [1.29, 1.82) is 0 Å². The Kier molecular flexibility index (Phi) is 8.11. The molecule has 0 saturated carbocycles. The second kappa shape index (κ2) is 8.74. The summed E-state index contributed by atoms with van der Waals surface area (Å²) >= 11 is 0. The molecule has 138 valence electrons. The lowest BCUT2D eigenvalue weighted by Gasteiger charge is -2.18. The van der Waals surface area contributed by atoms with Crippen LogP contribution in [0.3, 0.4) is 0 Å². The van der Waals surface area contributed by atoms with E-state index in [0.29, 0.717) is 0 Å². The Morgan fingerprint density at radius 1 is 0.667 bits per heavy atom. The van der Waals surface area contributed by atoms with Gasteiger partial charge in [0, 0.05) is 12.3 Å². The Labute approximate surface area is 140 Å². The normalized spacial score (nSPS) is 13.1. The molecule has 0 heterocycles. The zero-order valence-electron chi connectivity index (χ0n) is 12.2. The van der Waals surface area contributed by atoms with Crippen molar-refractivity contribution in [1.82, 2.24) is 0 Å². The van der Waals surface area contributed by atoms with Crippen LogP contribution in [0.2, 0.25) is 0 Å². The van der Waals surface area contributed by atoms with Crippen molar-refractivity contribution in [2.24, 2.45) is 0 Å². The molecule has 0 aliphatic carbocycles. The second-order valence-corrected chi connectivity index (χ2v) is 10.5. The summed E-state index contributed by atoms with van der Waals surface area (Å²) in [5.41, 5.74) is 0.365. The molecule has 0 aliphatic rings. The van der Waals surface area contributed by atoms with Crippen LogP contribution in [0, 0.1) is 0 Å². The first-order valence-corrected chi connectivity index (χ1v) is 12.8. The highest BCUT2D eigenvalue weighted by Gasteiger charge is 2.24. The molecule has 0 saturated heterocycles. The highest BCUT2D eigenvalue weighted by molar-refractivity contribution is 7.51. The van der Waals surface area contributed by atoms with Crippen molar-refractivity contribution in [2.75, 3.05) is 0 Å². The minimum Gasteiger partial charge on any atom is -0.350 e. The minimum atomic E-state index is -4.50. The predicted octanol–water partition coefficient (Wildman–Crippen LogP) is 0.635. The first-order valence-electron chi connectivity index (χ1n) is 6.30. The molecular weight excluding hydrogens is 404 g/mol. The third-order valence-corrected chi connectivity index (χ3v) is 5.65. The third-order valence-electron chi connectivity index (χ3n) is 2.90. The highest BCUT2D eigenvalue weighted by Crippen LogP contribution is 2.46. The molecule has 0 aromatic heterocycles. The number of benzene rings is 1. The van der Waals surface area contributed by atoms with E-state index >= 15 is 0 Å². The standard InChI is InChI=1S/C10H18O10P4/c11-21(12)3-7-1-9(5-23(15,16)17)8(4-22(13)14)2-10(7)6-24(18,19)20/h1-2,11-14H,3-6H2,(H2,15,16,17)(H2,18,19,20). The molecule has 1 aromatic rings. The molecule has 1 rings (SSSR count). The lowest BCUT2D eigenvalue weighted by atomic mass is 10.0. The van der Waals surface area contributed by atoms with Crippen LogP contribution in [-0.2, 0) is 33.8 Å². The summed E-state index contributed by atoms with van der Waals surface area (Å²) in [5, 5.41) is 0. The van der Waals surface area contributed by atoms with Crippen molar-refractivity contribution >= 4 is 31.9 Å². The molecule has 0 spiro atoms. The fourth-order valence-corrected chi connectivity index (χ4v) is 4.80. The van der Waals surface area contributed by atoms with Gasteiger partial charge in [-0.15, -0.1) is 0 Å². The summed E-state index contributed by atoms with van der Waals surface area (Å²) in [6.45, 7) is 0. The van der Waals surface area contributed by atoms with Gasteiger partial charge in [-0.2, -0.15) is 0 Å². The van der Waals surface area contributed by atoms with E-state index in [4.69, 9.17) is 39.1 Å². The largest absolute Gasteiger partial charge is 0.350 e. The van der Waals surface area contributed by atoms with Gasteiger partial charge in [-0.3, -0.25) is 9.13 Å². The van der Waals surface area contributed by atoms with E-state index in [2.05, 4.69) is 0 Å². The van der Waals surface area contributed by atoms with Crippen LogP contribution < -0.4 is 0 Å². The molecule has 0 radical (unpaired) electrons. The molecule has 10 nitrogen and oxygen atoms in total. The average Bonchev–Trinajstić information content (AvgIpc) is 2.29. The van der Waals surface area contributed by atoms with Gasteiger partial charge in [0.05, 0.1) is 12.3 Å². The monoisotopic (exact) mass is 422 g/mol. The van der Waals surface area contributed by atoms with E-state index in [1.807, 2.05) is 0 Å². The molecule has 0 amide bonds. The summed E-state index contributed by atoms with van der Waals surface area (Å²) in [6, 6.07) is 2.42. The number of rotatable bonds is 8. The smallest absolute Gasteiger partial charge is 0.329 e. The fourth-order valence-electron chi connectivity index (χ4n) is 2.13. The maximum atomic E-state index is 11.2. The van der Waals surface area contributed by atoms with Crippen molar-refractivity contribution in [3.63, 3.8) is 0 Å². The number of hydrogen-bond acceptors (Lipinski definition) is 6. The van der Waals surface area contributed by atoms with Crippen LogP contribution in [0.1, 0.15) is 22.3 Å². The van der Waals surface area contributed by atoms with E-state index in [1.165, 1.54) is 12.1 Å². The van der Waals surface area contributed by atoms with E-state index in [9.17, 15) is 9.13 Å². The maximum absolute atomic E-state index is 11.2. The summed E-state index contributed by atoms with van der Waals surface area (Å²) in [5.74, 6) is 0. The molecule has 8 N–H and O–H groups in total. The van der Waals surface area contributed by atoms with Crippen molar-refractivity contribution in [2.45, 2.75) is 24.6 Å². The molecular formula is C10H18O10P4. The first kappa shape index (κ1) is 22.3. The van der Waals surface area contributed by atoms with Gasteiger partial charge >= 0.3 is 15.2 Å². The van der Waals surface area contributed by atoms with Gasteiger partial charge in [-0.1, -0.05) is 12.1 Å². The summed E-state index contributed by atoms with van der Waals surface area (Å²) in [6.07, 6.45) is -2.12. The minimum absolute atomic E-state index is 0.0558. The summed E-state index contributed by atoms with van der Waals surface area (Å²) < 4.78 is 22.5. The lowest BCUT2D eigenvalue weighted by molar-refractivity contribution is 0.369. The van der Waals surface area contributed by atoms with Crippen LogP contribution >= 0.6 is 31.9 Å². The molecule has 0 aliphatic heterocycles. The Balaban J connectivity index is 3.45. The molecule has 0 bridgehead atoms. The predicted molar refractivity (Wildman–Crippen MR) is 88.1 cm³/mol. The van der Waals surface area contributed by atoms with Crippen LogP contribution in [-0.4, -0.2) is 39.1 Å². The van der Waals surface area contributed by atoms with E-state index in [-0.39, 0.29) is 34.6 Å². The first-order chi connectivity index (χ1) is 10.8. The van der Waals surface area contributed by atoms with Crippen LogP contribution in [0.25, 0.3) is 0 Å². The molecule has 0 unspecified atom stereocenters. The van der Waals surface area contributed by atoms with Gasteiger partial charge in [-0.25, -0.2) is 0 Å². The lowest BCUT2D eigenvalue weighted by Crippen LogP contribution is -2.03. The Morgan fingerprint density at radius 3 is 1.17 bits per heavy atom. The van der Waals surface area contributed by atoms with Gasteiger partial charge < -0.3 is 39.1 Å². The Bertz CT molecular complexity index is 606. The fraction of sp³-hybridized carbons (Fsp3) is 0.400. The van der Waals surface area contributed by atoms with Crippen LogP contribution in [0.4, 0.5) is 0 Å². The molecule has 14 heteroatoms. The van der Waals surface area contributed by atoms with E-state index in [0.717, 1.165) is 0 Å². The van der Waals surface area contributed by atoms with Gasteiger partial charge in [0.2, 0.25) is 0 Å². The quantitative estimate of drug-likeness (QED) is 0.275. The second-order valence-electron chi connectivity index (χ2n) is 5.10. The molecule has 1 aromatic carbocycles. The van der Waals surface area contributed by atoms with Crippen LogP contribution in [0.15, 0.2) is 12.1 Å². The van der Waals surface area contributed by atoms with Gasteiger partial charge in [-0.05, 0) is 22.3 Å². The molecule has 0 fully saturated rings. The van der Waals surface area contributed by atoms with Crippen LogP contribution in [0.5, 0.6) is 0 Å². The maximum Gasteiger partial charge on any atom is 0.329 e. The number of hydrogen-bond donors (Lipinski definition) is 8. The van der Waals surface area contributed by atoms with Gasteiger partial charge in [0.25, 0.3) is 0 Å². The van der Waals surface area contributed by atoms with Crippen molar-refractivity contribution < 1.29 is 48.3 Å². The Hall–Kier alpha value is 0.220. The summed E-state index contributed by atoms with van der Waals surface area (Å²) in [7, 11) is -13.9. The van der Waals surface area contributed by atoms with Crippen molar-refractivity contribution in [3.05, 3.63) is 34.4 Å². The zero-order valence-corrected chi connectivity index (χ0v) is 15.7. The molecule has 0 atom stereocenters. The SMILES string of the molecule is O=P(O)(O)Cc1cc(CP(O)O)c(CP(=O)(O)O)cc1CP(O)O.